The Bertz CT molecular complexity index is 175. The molecule has 0 aromatic rings. The molecule has 76 valence electrons. The Morgan fingerprint density at radius 1 is 1.62 bits per heavy atom. The number of carbonyl (C=O) groups is 1. The van der Waals surface area contributed by atoms with Gasteiger partial charge in [0, 0.05) is 18.8 Å². The van der Waals surface area contributed by atoms with Gasteiger partial charge in [-0.3, -0.25) is 4.79 Å². The van der Waals surface area contributed by atoms with Gasteiger partial charge in [-0.25, -0.2) is 0 Å². The van der Waals surface area contributed by atoms with Gasteiger partial charge in [-0.05, 0) is 19.3 Å². The van der Waals surface area contributed by atoms with Gasteiger partial charge in [0.1, 0.15) is 0 Å². The Morgan fingerprint density at radius 2 is 2.38 bits per heavy atom. The smallest absolute Gasteiger partial charge is 0.222 e. The van der Waals surface area contributed by atoms with E-state index in [4.69, 9.17) is 16.7 Å². The van der Waals surface area contributed by atoms with Crippen LogP contribution in [0.25, 0.3) is 0 Å². The minimum absolute atomic E-state index is 0.0582. The van der Waals surface area contributed by atoms with E-state index in [2.05, 4.69) is 0 Å². The molecule has 1 aliphatic rings. The summed E-state index contributed by atoms with van der Waals surface area (Å²) in [6, 6.07) is 0.0582. The molecule has 1 atom stereocenters. The van der Waals surface area contributed by atoms with Gasteiger partial charge in [-0.2, -0.15) is 0 Å². The first-order valence-electron chi connectivity index (χ1n) is 4.76. The van der Waals surface area contributed by atoms with E-state index in [1.165, 1.54) is 0 Å². The van der Waals surface area contributed by atoms with Crippen molar-refractivity contribution in [2.75, 3.05) is 19.0 Å². The maximum absolute atomic E-state index is 11.5. The van der Waals surface area contributed by atoms with Gasteiger partial charge in [0.05, 0.1) is 12.6 Å². The van der Waals surface area contributed by atoms with E-state index in [0.717, 1.165) is 25.8 Å². The number of hydrogen-bond acceptors (Lipinski definition) is 2. The minimum atomic E-state index is 0.0582. The van der Waals surface area contributed by atoms with Crippen molar-refractivity contribution in [2.45, 2.75) is 31.7 Å². The van der Waals surface area contributed by atoms with Crippen molar-refractivity contribution < 1.29 is 9.90 Å². The molecule has 0 aromatic carbocycles. The van der Waals surface area contributed by atoms with Crippen molar-refractivity contribution in [3.63, 3.8) is 0 Å². The Morgan fingerprint density at radius 3 is 3.00 bits per heavy atom. The number of carbonyl (C=O) groups excluding carboxylic acids is 1. The van der Waals surface area contributed by atoms with Crippen molar-refractivity contribution in [1.29, 1.82) is 0 Å². The fourth-order valence-corrected chi connectivity index (χ4v) is 1.85. The van der Waals surface area contributed by atoms with E-state index in [9.17, 15) is 4.79 Å². The van der Waals surface area contributed by atoms with Gasteiger partial charge < -0.3 is 10.0 Å². The van der Waals surface area contributed by atoms with E-state index in [1.54, 1.807) is 4.90 Å². The molecule has 4 heteroatoms. The molecule has 3 nitrogen and oxygen atoms in total. The first kappa shape index (κ1) is 10.8. The molecule has 1 heterocycles. The topological polar surface area (TPSA) is 40.5 Å². The molecule has 0 aliphatic carbocycles. The molecule has 0 saturated carbocycles. The number of hydrogen-bond donors (Lipinski definition) is 1. The van der Waals surface area contributed by atoms with Crippen molar-refractivity contribution in [2.24, 2.45) is 0 Å². The monoisotopic (exact) mass is 205 g/mol. The summed E-state index contributed by atoms with van der Waals surface area (Å²) >= 11 is 5.50. The number of amides is 1. The van der Waals surface area contributed by atoms with Gasteiger partial charge in [0.15, 0.2) is 0 Å². The number of halogens is 1. The standard InChI is InChI=1S/C9H16ClNO2/c10-5-1-4-9(13)11-6-2-3-8(11)7-12/h8,12H,1-7H2. The summed E-state index contributed by atoms with van der Waals surface area (Å²) in [4.78, 5) is 13.3. The first-order valence-corrected chi connectivity index (χ1v) is 5.29. The largest absolute Gasteiger partial charge is 0.394 e. The van der Waals surface area contributed by atoms with Crippen molar-refractivity contribution >= 4 is 17.5 Å². The van der Waals surface area contributed by atoms with Crippen LogP contribution in [0.1, 0.15) is 25.7 Å². The van der Waals surface area contributed by atoms with Crippen LogP contribution in [0.2, 0.25) is 0 Å². The fraction of sp³-hybridized carbons (Fsp3) is 0.889. The predicted molar refractivity (Wildman–Crippen MR) is 51.8 cm³/mol. The van der Waals surface area contributed by atoms with Crippen molar-refractivity contribution in [1.82, 2.24) is 4.90 Å². The lowest BCUT2D eigenvalue weighted by Gasteiger charge is -2.22. The summed E-state index contributed by atoms with van der Waals surface area (Å²) in [5, 5.41) is 8.99. The normalized spacial score (nSPS) is 22.3. The zero-order valence-corrected chi connectivity index (χ0v) is 8.46. The Kier molecular flexibility index (Phi) is 4.53. The Hall–Kier alpha value is -0.280. The Balaban J connectivity index is 2.36. The first-order chi connectivity index (χ1) is 6.29. The van der Waals surface area contributed by atoms with Gasteiger partial charge in [-0.15, -0.1) is 11.6 Å². The number of rotatable bonds is 4. The summed E-state index contributed by atoms with van der Waals surface area (Å²) in [6.45, 7) is 0.888. The zero-order chi connectivity index (χ0) is 9.68. The summed E-state index contributed by atoms with van der Waals surface area (Å²) < 4.78 is 0. The van der Waals surface area contributed by atoms with Crippen LogP contribution in [0.4, 0.5) is 0 Å². The molecule has 1 unspecified atom stereocenters. The van der Waals surface area contributed by atoms with Crippen LogP contribution in [0.15, 0.2) is 0 Å². The van der Waals surface area contributed by atoms with Gasteiger partial charge in [0.2, 0.25) is 5.91 Å². The summed E-state index contributed by atoms with van der Waals surface area (Å²) in [5.74, 6) is 0.667. The molecule has 13 heavy (non-hydrogen) atoms. The van der Waals surface area contributed by atoms with Crippen LogP contribution in [0, 0.1) is 0 Å². The van der Waals surface area contributed by atoms with Crippen molar-refractivity contribution in [3.05, 3.63) is 0 Å². The van der Waals surface area contributed by atoms with E-state index in [1.807, 2.05) is 0 Å². The fourth-order valence-electron chi connectivity index (χ4n) is 1.72. The lowest BCUT2D eigenvalue weighted by molar-refractivity contribution is -0.132. The Labute approximate surface area is 83.7 Å². The number of aliphatic hydroxyl groups excluding tert-OH is 1. The third-order valence-electron chi connectivity index (χ3n) is 2.43. The molecule has 0 bridgehead atoms. The molecule has 1 amide bonds. The summed E-state index contributed by atoms with van der Waals surface area (Å²) in [7, 11) is 0. The number of likely N-dealkylation sites (tertiary alicyclic amines) is 1. The summed E-state index contributed by atoms with van der Waals surface area (Å²) in [5.41, 5.74) is 0. The van der Waals surface area contributed by atoms with Crippen LogP contribution in [0.3, 0.4) is 0 Å². The quantitative estimate of drug-likeness (QED) is 0.696. The predicted octanol–water partition coefficient (Wildman–Crippen LogP) is 0.989. The highest BCUT2D eigenvalue weighted by molar-refractivity contribution is 6.17. The van der Waals surface area contributed by atoms with Crippen LogP contribution in [-0.4, -0.2) is 41.0 Å². The highest BCUT2D eigenvalue weighted by atomic mass is 35.5. The highest BCUT2D eigenvalue weighted by Crippen LogP contribution is 2.17. The maximum Gasteiger partial charge on any atom is 0.222 e. The number of nitrogens with zero attached hydrogens (tertiary/aromatic N) is 1. The maximum atomic E-state index is 11.5. The van der Waals surface area contributed by atoms with Crippen LogP contribution >= 0.6 is 11.6 Å². The van der Waals surface area contributed by atoms with E-state index >= 15 is 0 Å². The molecule has 1 fully saturated rings. The molecule has 1 rings (SSSR count). The molecule has 1 N–H and O–H groups in total. The van der Waals surface area contributed by atoms with Gasteiger partial charge in [0.25, 0.3) is 0 Å². The van der Waals surface area contributed by atoms with E-state index in [-0.39, 0.29) is 18.6 Å². The molecular weight excluding hydrogens is 190 g/mol. The molecule has 1 aliphatic heterocycles. The highest BCUT2D eigenvalue weighted by Gasteiger charge is 2.27. The molecule has 0 spiro atoms. The third kappa shape index (κ3) is 2.85. The zero-order valence-electron chi connectivity index (χ0n) is 7.71. The van der Waals surface area contributed by atoms with Crippen molar-refractivity contribution in [3.8, 4) is 0 Å². The van der Waals surface area contributed by atoms with E-state index < -0.39 is 0 Å². The SMILES string of the molecule is O=C(CCCCl)N1CCCC1CO. The molecular formula is C9H16ClNO2. The molecule has 0 radical (unpaired) electrons. The van der Waals surface area contributed by atoms with Crippen LogP contribution < -0.4 is 0 Å². The second kappa shape index (κ2) is 5.45. The van der Waals surface area contributed by atoms with Crippen LogP contribution in [-0.2, 0) is 4.79 Å². The lowest BCUT2D eigenvalue weighted by Crippen LogP contribution is -2.37. The average molecular weight is 206 g/mol. The summed E-state index contributed by atoms with van der Waals surface area (Å²) in [6.07, 6.45) is 3.19. The minimum Gasteiger partial charge on any atom is -0.394 e. The number of aliphatic hydroxyl groups is 1. The molecule has 0 aromatic heterocycles. The second-order valence-corrected chi connectivity index (χ2v) is 3.74. The third-order valence-corrected chi connectivity index (χ3v) is 2.70. The van der Waals surface area contributed by atoms with Gasteiger partial charge >= 0.3 is 0 Å². The van der Waals surface area contributed by atoms with Crippen LogP contribution in [0.5, 0.6) is 0 Å². The lowest BCUT2D eigenvalue weighted by atomic mass is 10.2. The van der Waals surface area contributed by atoms with Gasteiger partial charge in [-0.1, -0.05) is 0 Å². The second-order valence-electron chi connectivity index (χ2n) is 3.36. The number of alkyl halides is 1. The van der Waals surface area contributed by atoms with E-state index in [0.29, 0.717) is 12.3 Å². The molecule has 1 saturated heterocycles. The average Bonchev–Trinajstić information content (AvgIpc) is 2.61.